The van der Waals surface area contributed by atoms with E-state index in [4.69, 9.17) is 0 Å². The van der Waals surface area contributed by atoms with E-state index in [-0.39, 0.29) is 0 Å². The first-order valence-corrected chi connectivity index (χ1v) is 6.16. The Balaban J connectivity index is 2.38. The number of allylic oxidation sites excluding steroid dienone is 4. The van der Waals surface area contributed by atoms with Gasteiger partial charge in [-0.2, -0.15) is 0 Å². The van der Waals surface area contributed by atoms with Crippen molar-refractivity contribution in [1.82, 2.24) is 0 Å². The fourth-order valence-corrected chi connectivity index (χ4v) is 2.19. The first-order chi connectivity index (χ1) is 6.77. The van der Waals surface area contributed by atoms with Crippen molar-refractivity contribution in [3.8, 4) is 0 Å². The summed E-state index contributed by atoms with van der Waals surface area (Å²) in [6, 6.07) is 0. The zero-order valence-electron chi connectivity index (χ0n) is 9.92. The molecule has 0 bridgehead atoms. The van der Waals surface area contributed by atoms with Crippen molar-refractivity contribution in [3.05, 3.63) is 23.8 Å². The standard InChI is InChI=1S/C14H24/c1-4-6-7-8-13-9-10-14(5-2)12(3)11-13/h9-12,14H,4-8H2,1-3H3. The molecule has 0 aromatic carbocycles. The second kappa shape index (κ2) is 6.06. The number of rotatable bonds is 5. The lowest BCUT2D eigenvalue weighted by molar-refractivity contribution is 0.486. The SMILES string of the molecule is CCCCCC1=CC(C)C(CC)C=C1. The quantitative estimate of drug-likeness (QED) is 0.553. The summed E-state index contributed by atoms with van der Waals surface area (Å²) in [7, 11) is 0. The number of hydrogen-bond donors (Lipinski definition) is 0. The monoisotopic (exact) mass is 192 g/mol. The van der Waals surface area contributed by atoms with Crippen LogP contribution in [0.1, 0.15) is 52.9 Å². The van der Waals surface area contributed by atoms with Gasteiger partial charge in [0.1, 0.15) is 0 Å². The van der Waals surface area contributed by atoms with Gasteiger partial charge < -0.3 is 0 Å². The van der Waals surface area contributed by atoms with E-state index in [9.17, 15) is 0 Å². The molecular formula is C14H24. The molecule has 0 heteroatoms. The molecule has 2 atom stereocenters. The van der Waals surface area contributed by atoms with Crippen LogP contribution < -0.4 is 0 Å². The Morgan fingerprint density at radius 1 is 1.21 bits per heavy atom. The zero-order chi connectivity index (χ0) is 10.4. The molecule has 14 heavy (non-hydrogen) atoms. The Morgan fingerprint density at radius 2 is 2.00 bits per heavy atom. The third-order valence-corrected chi connectivity index (χ3v) is 3.25. The maximum absolute atomic E-state index is 2.48. The zero-order valence-corrected chi connectivity index (χ0v) is 9.92. The summed E-state index contributed by atoms with van der Waals surface area (Å²) >= 11 is 0. The van der Waals surface area contributed by atoms with Gasteiger partial charge in [0.25, 0.3) is 0 Å². The second-order valence-electron chi connectivity index (χ2n) is 4.49. The van der Waals surface area contributed by atoms with Crippen LogP contribution in [0, 0.1) is 11.8 Å². The Kier molecular flexibility index (Phi) is 5.00. The smallest absolute Gasteiger partial charge is 0.0172 e. The van der Waals surface area contributed by atoms with E-state index in [0.717, 1.165) is 11.8 Å². The minimum atomic E-state index is 0.752. The van der Waals surface area contributed by atoms with Crippen LogP contribution in [0.15, 0.2) is 23.8 Å². The lowest BCUT2D eigenvalue weighted by Crippen LogP contribution is -2.09. The molecule has 0 aliphatic heterocycles. The van der Waals surface area contributed by atoms with E-state index in [1.165, 1.54) is 32.1 Å². The number of unbranched alkanes of at least 4 members (excludes halogenated alkanes) is 2. The highest BCUT2D eigenvalue weighted by Gasteiger charge is 2.14. The van der Waals surface area contributed by atoms with Crippen LogP contribution in [0.3, 0.4) is 0 Å². The first-order valence-electron chi connectivity index (χ1n) is 6.16. The number of hydrogen-bond acceptors (Lipinski definition) is 0. The minimum absolute atomic E-state index is 0.752. The van der Waals surface area contributed by atoms with Crippen LogP contribution in [-0.2, 0) is 0 Å². The van der Waals surface area contributed by atoms with Crippen molar-refractivity contribution in [2.45, 2.75) is 52.9 Å². The molecule has 0 radical (unpaired) electrons. The van der Waals surface area contributed by atoms with Gasteiger partial charge in [-0.3, -0.25) is 0 Å². The van der Waals surface area contributed by atoms with E-state index in [1.54, 1.807) is 5.57 Å². The molecule has 0 spiro atoms. The van der Waals surface area contributed by atoms with Crippen LogP contribution in [-0.4, -0.2) is 0 Å². The van der Waals surface area contributed by atoms with Crippen molar-refractivity contribution in [2.75, 3.05) is 0 Å². The van der Waals surface area contributed by atoms with E-state index in [1.807, 2.05) is 0 Å². The average molecular weight is 192 g/mol. The predicted molar refractivity (Wildman–Crippen MR) is 64.3 cm³/mol. The summed E-state index contributed by atoms with van der Waals surface area (Å²) in [6.07, 6.45) is 13.8. The van der Waals surface area contributed by atoms with Crippen molar-refractivity contribution >= 4 is 0 Å². The highest BCUT2D eigenvalue weighted by atomic mass is 14.2. The Hall–Kier alpha value is -0.520. The third kappa shape index (κ3) is 3.32. The van der Waals surface area contributed by atoms with Gasteiger partial charge in [-0.15, -0.1) is 0 Å². The summed E-state index contributed by atoms with van der Waals surface area (Å²) in [5.41, 5.74) is 1.57. The molecule has 0 heterocycles. The molecule has 0 amide bonds. The van der Waals surface area contributed by atoms with Crippen molar-refractivity contribution in [2.24, 2.45) is 11.8 Å². The van der Waals surface area contributed by atoms with Crippen LogP contribution in [0.5, 0.6) is 0 Å². The van der Waals surface area contributed by atoms with Crippen LogP contribution in [0.25, 0.3) is 0 Å². The molecule has 80 valence electrons. The van der Waals surface area contributed by atoms with Gasteiger partial charge in [-0.1, -0.05) is 57.4 Å². The average Bonchev–Trinajstić information content (AvgIpc) is 2.18. The summed E-state index contributed by atoms with van der Waals surface area (Å²) < 4.78 is 0. The fourth-order valence-electron chi connectivity index (χ4n) is 2.19. The summed E-state index contributed by atoms with van der Waals surface area (Å²) in [6.45, 7) is 6.89. The van der Waals surface area contributed by atoms with E-state index < -0.39 is 0 Å². The molecule has 0 aromatic heterocycles. The van der Waals surface area contributed by atoms with Crippen molar-refractivity contribution in [3.63, 3.8) is 0 Å². The van der Waals surface area contributed by atoms with E-state index in [2.05, 4.69) is 39.0 Å². The third-order valence-electron chi connectivity index (χ3n) is 3.25. The minimum Gasteiger partial charge on any atom is -0.0806 e. The van der Waals surface area contributed by atoms with Gasteiger partial charge in [0.2, 0.25) is 0 Å². The Bertz CT molecular complexity index is 210. The van der Waals surface area contributed by atoms with Crippen LogP contribution in [0.4, 0.5) is 0 Å². The van der Waals surface area contributed by atoms with Gasteiger partial charge >= 0.3 is 0 Å². The molecule has 0 N–H and O–H groups in total. The van der Waals surface area contributed by atoms with Crippen LogP contribution >= 0.6 is 0 Å². The van der Waals surface area contributed by atoms with Gasteiger partial charge in [0.05, 0.1) is 0 Å². The second-order valence-corrected chi connectivity index (χ2v) is 4.49. The van der Waals surface area contributed by atoms with Crippen molar-refractivity contribution < 1.29 is 0 Å². The molecule has 1 aliphatic rings. The van der Waals surface area contributed by atoms with Crippen molar-refractivity contribution in [1.29, 1.82) is 0 Å². The van der Waals surface area contributed by atoms with Gasteiger partial charge in [0, 0.05) is 0 Å². The molecular weight excluding hydrogens is 168 g/mol. The highest BCUT2D eigenvalue weighted by molar-refractivity contribution is 5.25. The lowest BCUT2D eigenvalue weighted by atomic mass is 9.84. The molecule has 0 fully saturated rings. The maximum Gasteiger partial charge on any atom is -0.0172 e. The van der Waals surface area contributed by atoms with Gasteiger partial charge in [0.15, 0.2) is 0 Å². The fraction of sp³-hybridized carbons (Fsp3) is 0.714. The predicted octanol–water partition coefficient (Wildman–Crippen LogP) is 4.73. The Morgan fingerprint density at radius 3 is 2.57 bits per heavy atom. The largest absolute Gasteiger partial charge is 0.0806 e. The first kappa shape index (κ1) is 11.6. The molecule has 0 saturated heterocycles. The summed E-state index contributed by atoms with van der Waals surface area (Å²) in [5.74, 6) is 1.53. The lowest BCUT2D eigenvalue weighted by Gasteiger charge is -2.21. The maximum atomic E-state index is 2.48. The summed E-state index contributed by atoms with van der Waals surface area (Å²) in [4.78, 5) is 0. The normalized spacial score (nSPS) is 26.4. The molecule has 1 aliphatic carbocycles. The molecule has 0 nitrogen and oxygen atoms in total. The van der Waals surface area contributed by atoms with Gasteiger partial charge in [-0.25, -0.2) is 0 Å². The topological polar surface area (TPSA) is 0 Å². The van der Waals surface area contributed by atoms with E-state index >= 15 is 0 Å². The molecule has 0 saturated carbocycles. The Labute approximate surface area is 89.1 Å². The molecule has 0 aromatic rings. The molecule has 2 unspecified atom stereocenters. The van der Waals surface area contributed by atoms with Gasteiger partial charge in [-0.05, 0) is 31.1 Å². The molecule has 1 rings (SSSR count). The van der Waals surface area contributed by atoms with Crippen LogP contribution in [0.2, 0.25) is 0 Å². The summed E-state index contributed by atoms with van der Waals surface area (Å²) in [5, 5.41) is 0. The van der Waals surface area contributed by atoms with E-state index in [0.29, 0.717) is 0 Å². The highest BCUT2D eigenvalue weighted by Crippen LogP contribution is 2.27.